The Bertz CT molecular complexity index is 576. The Kier molecular flexibility index (Phi) is 3.62. The summed E-state index contributed by atoms with van der Waals surface area (Å²) in [6.45, 7) is 1.58. The third kappa shape index (κ3) is 2.88. The molecule has 1 aromatic carbocycles. The summed E-state index contributed by atoms with van der Waals surface area (Å²) in [5.41, 5.74) is -0.537. The van der Waals surface area contributed by atoms with Gasteiger partial charge in [-0.05, 0) is 12.1 Å². The second-order valence-electron chi connectivity index (χ2n) is 3.48. The van der Waals surface area contributed by atoms with E-state index < -0.39 is 26.2 Å². The van der Waals surface area contributed by atoms with Crippen LogP contribution in [0.2, 0.25) is 0 Å². The van der Waals surface area contributed by atoms with Crippen molar-refractivity contribution in [1.29, 1.82) is 0 Å². The number of hydrogen-bond donors (Lipinski definition) is 0. The van der Waals surface area contributed by atoms with Crippen LogP contribution in [0.25, 0.3) is 0 Å². The Morgan fingerprint density at radius 3 is 2.41 bits per heavy atom. The smallest absolute Gasteiger partial charge is 0.281 e. The van der Waals surface area contributed by atoms with Crippen LogP contribution in [0, 0.1) is 10.1 Å². The lowest BCUT2D eigenvalue weighted by Gasteiger charge is -2.03. The second-order valence-corrected chi connectivity index (χ2v) is 5.50. The first-order valence-corrected chi connectivity index (χ1v) is 6.68. The van der Waals surface area contributed by atoms with Gasteiger partial charge in [-0.3, -0.25) is 14.9 Å². The standard InChI is InChI=1S/C10H11NO5S/c1-3-10(12)8-5-4-7(17(2,15)16)6-9(8)11(13)14/h4-6H,3H2,1-2H3. The van der Waals surface area contributed by atoms with Gasteiger partial charge in [0.1, 0.15) is 0 Å². The van der Waals surface area contributed by atoms with E-state index in [9.17, 15) is 23.3 Å². The van der Waals surface area contributed by atoms with Crippen LogP contribution in [0.4, 0.5) is 5.69 Å². The summed E-state index contributed by atoms with van der Waals surface area (Å²) in [6.07, 6.45) is 1.08. The summed E-state index contributed by atoms with van der Waals surface area (Å²) in [6, 6.07) is 3.30. The molecule has 92 valence electrons. The van der Waals surface area contributed by atoms with Crippen LogP contribution in [-0.4, -0.2) is 25.4 Å². The minimum Gasteiger partial charge on any atom is -0.294 e. The van der Waals surface area contributed by atoms with Crippen molar-refractivity contribution in [2.24, 2.45) is 0 Å². The molecular weight excluding hydrogens is 246 g/mol. The van der Waals surface area contributed by atoms with E-state index in [0.29, 0.717) is 0 Å². The number of rotatable bonds is 4. The van der Waals surface area contributed by atoms with E-state index in [-0.39, 0.29) is 16.9 Å². The van der Waals surface area contributed by atoms with Gasteiger partial charge in [0, 0.05) is 18.7 Å². The van der Waals surface area contributed by atoms with Crippen molar-refractivity contribution in [2.45, 2.75) is 18.2 Å². The van der Waals surface area contributed by atoms with Gasteiger partial charge in [-0.25, -0.2) is 8.42 Å². The molecule has 0 N–H and O–H groups in total. The van der Waals surface area contributed by atoms with Crippen LogP contribution in [-0.2, 0) is 9.84 Å². The van der Waals surface area contributed by atoms with Crippen LogP contribution in [0.1, 0.15) is 23.7 Å². The molecule has 0 aromatic heterocycles. The molecule has 0 spiro atoms. The van der Waals surface area contributed by atoms with Crippen LogP contribution >= 0.6 is 0 Å². The SMILES string of the molecule is CCC(=O)c1ccc(S(C)(=O)=O)cc1[N+](=O)[O-]. The molecule has 1 aromatic rings. The fourth-order valence-corrected chi connectivity index (χ4v) is 1.96. The molecule has 0 radical (unpaired) electrons. The van der Waals surface area contributed by atoms with Crippen LogP contribution in [0.5, 0.6) is 0 Å². The van der Waals surface area contributed by atoms with Crippen LogP contribution in [0.15, 0.2) is 23.1 Å². The number of carbonyl (C=O) groups is 1. The Hall–Kier alpha value is -1.76. The highest BCUT2D eigenvalue weighted by Crippen LogP contribution is 2.24. The third-order valence-electron chi connectivity index (χ3n) is 2.22. The molecule has 0 bridgehead atoms. The first-order valence-electron chi connectivity index (χ1n) is 4.79. The molecule has 0 heterocycles. The molecule has 6 nitrogen and oxygen atoms in total. The second kappa shape index (κ2) is 4.62. The summed E-state index contributed by atoms with van der Waals surface area (Å²) >= 11 is 0. The highest BCUT2D eigenvalue weighted by Gasteiger charge is 2.21. The monoisotopic (exact) mass is 257 g/mol. The lowest BCUT2D eigenvalue weighted by atomic mass is 10.1. The Morgan fingerprint density at radius 2 is 2.00 bits per heavy atom. The number of sulfone groups is 1. The number of ketones is 1. The maximum atomic E-state index is 11.4. The zero-order chi connectivity index (χ0) is 13.2. The van der Waals surface area contributed by atoms with Gasteiger partial charge in [-0.2, -0.15) is 0 Å². The van der Waals surface area contributed by atoms with Crippen molar-refractivity contribution in [2.75, 3.05) is 6.26 Å². The summed E-state index contributed by atoms with van der Waals surface area (Å²) < 4.78 is 22.5. The predicted molar refractivity (Wildman–Crippen MR) is 60.8 cm³/mol. The molecule has 0 saturated carbocycles. The van der Waals surface area contributed by atoms with E-state index in [1.54, 1.807) is 6.92 Å². The zero-order valence-corrected chi connectivity index (χ0v) is 10.2. The van der Waals surface area contributed by atoms with Crippen molar-refractivity contribution in [1.82, 2.24) is 0 Å². The Morgan fingerprint density at radius 1 is 1.41 bits per heavy atom. The summed E-state index contributed by atoms with van der Waals surface area (Å²) in [7, 11) is -3.52. The zero-order valence-electron chi connectivity index (χ0n) is 9.34. The molecule has 7 heteroatoms. The number of benzene rings is 1. The van der Waals surface area contributed by atoms with Crippen molar-refractivity contribution < 1.29 is 18.1 Å². The minimum absolute atomic E-state index is 0.0649. The number of carbonyl (C=O) groups excluding carboxylic acids is 1. The number of nitro groups is 1. The van der Waals surface area contributed by atoms with E-state index in [0.717, 1.165) is 12.3 Å². The van der Waals surface area contributed by atoms with Crippen molar-refractivity contribution in [3.05, 3.63) is 33.9 Å². The topological polar surface area (TPSA) is 94.3 Å². The number of hydrogen-bond acceptors (Lipinski definition) is 5. The normalized spacial score (nSPS) is 11.2. The van der Waals surface area contributed by atoms with Crippen molar-refractivity contribution in [3.8, 4) is 0 Å². The quantitative estimate of drug-likeness (QED) is 0.463. The number of nitrogens with zero attached hydrogens (tertiary/aromatic N) is 1. The molecule has 1 rings (SSSR count). The molecule has 0 aliphatic heterocycles. The van der Waals surface area contributed by atoms with E-state index in [2.05, 4.69) is 0 Å². The van der Waals surface area contributed by atoms with Gasteiger partial charge >= 0.3 is 0 Å². The van der Waals surface area contributed by atoms with E-state index in [1.807, 2.05) is 0 Å². The van der Waals surface area contributed by atoms with Gasteiger partial charge in [0.25, 0.3) is 5.69 Å². The van der Waals surface area contributed by atoms with E-state index in [4.69, 9.17) is 0 Å². The molecule has 0 saturated heterocycles. The molecular formula is C10H11NO5S. The molecule has 17 heavy (non-hydrogen) atoms. The molecule has 0 fully saturated rings. The molecule has 0 aliphatic rings. The number of nitro benzene ring substituents is 1. The van der Waals surface area contributed by atoms with Crippen molar-refractivity contribution in [3.63, 3.8) is 0 Å². The summed E-state index contributed by atoms with van der Waals surface area (Å²) in [5.74, 6) is -0.392. The van der Waals surface area contributed by atoms with Gasteiger partial charge in [0.2, 0.25) is 0 Å². The highest BCUT2D eigenvalue weighted by molar-refractivity contribution is 7.90. The molecule has 0 atom stereocenters. The van der Waals surface area contributed by atoms with E-state index in [1.165, 1.54) is 12.1 Å². The van der Waals surface area contributed by atoms with Gasteiger partial charge in [0.15, 0.2) is 15.6 Å². The minimum atomic E-state index is -3.52. The van der Waals surface area contributed by atoms with E-state index >= 15 is 0 Å². The largest absolute Gasteiger partial charge is 0.294 e. The average Bonchev–Trinajstić information content (AvgIpc) is 2.25. The third-order valence-corrected chi connectivity index (χ3v) is 3.33. The predicted octanol–water partition coefficient (Wildman–Crippen LogP) is 1.59. The fourth-order valence-electron chi connectivity index (χ4n) is 1.32. The maximum Gasteiger partial charge on any atom is 0.281 e. The average molecular weight is 257 g/mol. The summed E-state index contributed by atoms with van der Waals surface area (Å²) in [5, 5.41) is 10.8. The van der Waals surface area contributed by atoms with Gasteiger partial charge in [-0.15, -0.1) is 0 Å². The van der Waals surface area contributed by atoms with Gasteiger partial charge in [0.05, 0.1) is 15.4 Å². The lowest BCUT2D eigenvalue weighted by Crippen LogP contribution is -2.05. The Balaban J connectivity index is 3.48. The fraction of sp³-hybridized carbons (Fsp3) is 0.300. The van der Waals surface area contributed by atoms with Gasteiger partial charge < -0.3 is 0 Å². The molecule has 0 unspecified atom stereocenters. The van der Waals surface area contributed by atoms with Crippen LogP contribution < -0.4 is 0 Å². The highest BCUT2D eigenvalue weighted by atomic mass is 32.2. The Labute approximate surface area is 98.3 Å². The van der Waals surface area contributed by atoms with Gasteiger partial charge in [-0.1, -0.05) is 6.92 Å². The van der Waals surface area contributed by atoms with Crippen molar-refractivity contribution >= 4 is 21.3 Å². The maximum absolute atomic E-state index is 11.4. The molecule has 0 aliphatic carbocycles. The number of Topliss-reactive ketones (excluding diaryl/α,β-unsaturated/α-hetero) is 1. The first-order chi connectivity index (χ1) is 7.77. The first kappa shape index (κ1) is 13.3. The lowest BCUT2D eigenvalue weighted by molar-refractivity contribution is -0.385. The molecule has 0 amide bonds. The summed E-state index contributed by atoms with van der Waals surface area (Å²) in [4.78, 5) is 21.3. The van der Waals surface area contributed by atoms with Crippen LogP contribution in [0.3, 0.4) is 0 Å².